The van der Waals surface area contributed by atoms with Gasteiger partial charge in [-0.3, -0.25) is 4.98 Å². The number of hydrogen-bond acceptors (Lipinski definition) is 4. The van der Waals surface area contributed by atoms with Crippen LogP contribution < -0.4 is 10.1 Å². The molecule has 29 heavy (non-hydrogen) atoms. The number of fused-ring (bicyclic) bond motifs is 1. The van der Waals surface area contributed by atoms with E-state index in [4.69, 9.17) is 14.7 Å². The number of ether oxygens (including phenoxy) is 1. The van der Waals surface area contributed by atoms with Crippen molar-refractivity contribution in [3.63, 3.8) is 0 Å². The van der Waals surface area contributed by atoms with Crippen LogP contribution in [-0.4, -0.2) is 23.1 Å². The van der Waals surface area contributed by atoms with E-state index in [1.807, 2.05) is 30.5 Å². The molecule has 0 atom stereocenters. The van der Waals surface area contributed by atoms with Crippen molar-refractivity contribution in [2.24, 2.45) is 0 Å². The average Bonchev–Trinajstić information content (AvgIpc) is 2.73. The van der Waals surface area contributed by atoms with Crippen molar-refractivity contribution in [3.05, 3.63) is 72.4 Å². The van der Waals surface area contributed by atoms with Gasteiger partial charge in [-0.2, -0.15) is 0 Å². The highest BCUT2D eigenvalue weighted by atomic mass is 16.5. The molecule has 4 aromatic rings. The molecular weight excluding hydrogens is 358 g/mol. The summed E-state index contributed by atoms with van der Waals surface area (Å²) in [7, 11) is 1.67. The zero-order chi connectivity index (χ0) is 20.4. The summed E-state index contributed by atoms with van der Waals surface area (Å²) in [5, 5.41) is 4.53. The Hall–Kier alpha value is -3.40. The van der Waals surface area contributed by atoms with Crippen LogP contribution in [0.3, 0.4) is 0 Å². The van der Waals surface area contributed by atoms with Gasteiger partial charge in [-0.1, -0.05) is 24.3 Å². The first-order valence-corrected chi connectivity index (χ1v) is 9.82. The molecule has 0 aliphatic rings. The van der Waals surface area contributed by atoms with Crippen molar-refractivity contribution in [1.82, 2.24) is 9.97 Å². The Kier molecular flexibility index (Phi) is 5.17. The van der Waals surface area contributed by atoms with E-state index in [9.17, 15) is 0 Å². The highest BCUT2D eigenvalue weighted by Crippen LogP contribution is 2.28. The molecule has 0 radical (unpaired) electrons. The van der Waals surface area contributed by atoms with E-state index in [0.717, 1.165) is 44.9 Å². The number of anilines is 1. The summed E-state index contributed by atoms with van der Waals surface area (Å²) in [5.74, 6) is 1.77. The topological polar surface area (TPSA) is 47.0 Å². The molecule has 4 rings (SSSR count). The van der Waals surface area contributed by atoms with Crippen LogP contribution in [0.2, 0.25) is 0 Å². The Morgan fingerprint density at radius 1 is 0.862 bits per heavy atom. The molecule has 2 heterocycles. The fourth-order valence-corrected chi connectivity index (χ4v) is 3.44. The molecule has 0 aliphatic heterocycles. The quantitative estimate of drug-likeness (QED) is 0.452. The molecule has 0 fully saturated rings. The summed E-state index contributed by atoms with van der Waals surface area (Å²) < 4.78 is 5.23. The van der Waals surface area contributed by atoms with E-state index in [0.29, 0.717) is 6.04 Å². The zero-order valence-corrected chi connectivity index (χ0v) is 17.2. The molecule has 4 heteroatoms. The standard InChI is InChI=1S/C25H25N3O/c1-16(2)27-25-13-17(3)22-14-19(7-12-24(22)28-25)23-11-8-20(15-26-23)18-5-9-21(29-4)10-6-18/h5-16H,1-4H3,(H,27,28). The number of hydrogen-bond donors (Lipinski definition) is 1. The molecule has 0 amide bonds. The van der Waals surface area contributed by atoms with Crippen LogP contribution in [-0.2, 0) is 0 Å². The van der Waals surface area contributed by atoms with Gasteiger partial charge in [0.05, 0.1) is 18.3 Å². The first kappa shape index (κ1) is 18.9. The predicted molar refractivity (Wildman–Crippen MR) is 120 cm³/mol. The van der Waals surface area contributed by atoms with Gasteiger partial charge in [0.15, 0.2) is 0 Å². The van der Waals surface area contributed by atoms with Gasteiger partial charge >= 0.3 is 0 Å². The lowest BCUT2D eigenvalue weighted by Gasteiger charge is -2.12. The summed E-state index contributed by atoms with van der Waals surface area (Å²) in [6.45, 7) is 6.36. The maximum Gasteiger partial charge on any atom is 0.127 e. The van der Waals surface area contributed by atoms with E-state index in [-0.39, 0.29) is 0 Å². The lowest BCUT2D eigenvalue weighted by atomic mass is 10.0. The van der Waals surface area contributed by atoms with Crippen LogP contribution in [0.15, 0.2) is 66.9 Å². The van der Waals surface area contributed by atoms with Crippen molar-refractivity contribution < 1.29 is 4.74 Å². The Morgan fingerprint density at radius 2 is 1.59 bits per heavy atom. The monoisotopic (exact) mass is 383 g/mol. The fraction of sp³-hybridized carbons (Fsp3) is 0.200. The summed E-state index contributed by atoms with van der Waals surface area (Å²) in [5.41, 5.74) is 6.44. The number of aromatic nitrogens is 2. The molecule has 1 N–H and O–H groups in total. The van der Waals surface area contributed by atoms with E-state index in [1.165, 1.54) is 5.56 Å². The van der Waals surface area contributed by atoms with Crippen molar-refractivity contribution >= 4 is 16.7 Å². The molecule has 0 saturated carbocycles. The van der Waals surface area contributed by atoms with Crippen LogP contribution in [0.5, 0.6) is 5.75 Å². The minimum Gasteiger partial charge on any atom is -0.497 e. The predicted octanol–water partition coefficient (Wildman–Crippen LogP) is 6.10. The Balaban J connectivity index is 1.64. The third kappa shape index (κ3) is 4.06. The van der Waals surface area contributed by atoms with Crippen LogP contribution in [0.4, 0.5) is 5.82 Å². The summed E-state index contributed by atoms with van der Waals surface area (Å²) in [4.78, 5) is 9.43. The van der Waals surface area contributed by atoms with Crippen molar-refractivity contribution in [3.8, 4) is 28.1 Å². The Labute approximate surface area is 171 Å². The highest BCUT2D eigenvalue weighted by Gasteiger charge is 2.08. The third-order valence-corrected chi connectivity index (χ3v) is 4.93. The SMILES string of the molecule is COc1ccc(-c2ccc(-c3ccc4nc(NC(C)C)cc(C)c4c3)nc2)cc1. The van der Waals surface area contributed by atoms with Gasteiger partial charge in [-0.25, -0.2) is 4.98 Å². The number of aryl methyl sites for hydroxylation is 1. The lowest BCUT2D eigenvalue weighted by Crippen LogP contribution is -2.11. The van der Waals surface area contributed by atoms with Gasteiger partial charge in [0.2, 0.25) is 0 Å². The largest absolute Gasteiger partial charge is 0.497 e. The number of nitrogens with zero attached hydrogens (tertiary/aromatic N) is 2. The maximum atomic E-state index is 5.23. The molecule has 0 spiro atoms. The van der Waals surface area contributed by atoms with Gasteiger partial charge in [-0.05, 0) is 68.3 Å². The number of benzene rings is 2. The van der Waals surface area contributed by atoms with Crippen LogP contribution in [0.1, 0.15) is 19.4 Å². The molecular formula is C25H25N3O. The van der Waals surface area contributed by atoms with E-state index in [1.54, 1.807) is 7.11 Å². The summed E-state index contributed by atoms with van der Waals surface area (Å²) >= 11 is 0. The molecule has 0 unspecified atom stereocenters. The Morgan fingerprint density at radius 3 is 2.24 bits per heavy atom. The molecule has 0 bridgehead atoms. The van der Waals surface area contributed by atoms with Crippen molar-refractivity contribution in [2.75, 3.05) is 12.4 Å². The minimum atomic E-state index is 0.354. The normalized spacial score (nSPS) is 11.1. The second-order valence-corrected chi connectivity index (χ2v) is 7.52. The van der Waals surface area contributed by atoms with Crippen molar-refractivity contribution in [2.45, 2.75) is 26.8 Å². The van der Waals surface area contributed by atoms with Gasteiger partial charge in [-0.15, -0.1) is 0 Å². The Bertz CT molecular complexity index is 1130. The molecule has 2 aromatic carbocycles. The second-order valence-electron chi connectivity index (χ2n) is 7.52. The van der Waals surface area contributed by atoms with E-state index < -0.39 is 0 Å². The lowest BCUT2D eigenvalue weighted by molar-refractivity contribution is 0.415. The molecule has 0 aliphatic carbocycles. The molecule has 0 saturated heterocycles. The van der Waals surface area contributed by atoms with E-state index in [2.05, 4.69) is 62.5 Å². The van der Waals surface area contributed by atoms with Gasteiger partial charge in [0.25, 0.3) is 0 Å². The summed E-state index contributed by atoms with van der Waals surface area (Å²) in [6, 6.07) is 21.0. The fourth-order valence-electron chi connectivity index (χ4n) is 3.44. The maximum absolute atomic E-state index is 5.23. The van der Waals surface area contributed by atoms with Crippen molar-refractivity contribution in [1.29, 1.82) is 0 Å². The minimum absolute atomic E-state index is 0.354. The molecule has 4 nitrogen and oxygen atoms in total. The zero-order valence-electron chi connectivity index (χ0n) is 17.2. The highest BCUT2D eigenvalue weighted by molar-refractivity contribution is 5.88. The number of nitrogens with one attached hydrogen (secondary N) is 1. The number of pyridine rings is 2. The molecule has 2 aromatic heterocycles. The van der Waals surface area contributed by atoms with Gasteiger partial charge in [0, 0.05) is 28.8 Å². The van der Waals surface area contributed by atoms with E-state index >= 15 is 0 Å². The first-order chi connectivity index (χ1) is 14.0. The average molecular weight is 383 g/mol. The van der Waals surface area contributed by atoms with Gasteiger partial charge < -0.3 is 10.1 Å². The second kappa shape index (κ2) is 7.92. The molecule has 146 valence electrons. The number of methoxy groups -OCH3 is 1. The van der Waals surface area contributed by atoms with Gasteiger partial charge in [0.1, 0.15) is 11.6 Å². The first-order valence-electron chi connectivity index (χ1n) is 9.82. The third-order valence-electron chi connectivity index (χ3n) is 4.93. The number of rotatable bonds is 5. The smallest absolute Gasteiger partial charge is 0.127 e. The summed E-state index contributed by atoms with van der Waals surface area (Å²) in [6.07, 6.45) is 1.92. The van der Waals surface area contributed by atoms with Crippen LogP contribution >= 0.6 is 0 Å². The van der Waals surface area contributed by atoms with Crippen LogP contribution in [0.25, 0.3) is 33.3 Å². The van der Waals surface area contributed by atoms with Crippen LogP contribution in [0, 0.1) is 6.92 Å².